The lowest BCUT2D eigenvalue weighted by atomic mass is 10.0. The van der Waals surface area contributed by atoms with Crippen molar-refractivity contribution in [2.24, 2.45) is 0 Å². The van der Waals surface area contributed by atoms with Crippen LogP contribution in [0.3, 0.4) is 0 Å². The van der Waals surface area contributed by atoms with Crippen LogP contribution in [0.2, 0.25) is 0 Å². The van der Waals surface area contributed by atoms with E-state index in [9.17, 15) is 13.2 Å². The van der Waals surface area contributed by atoms with Crippen LogP contribution < -0.4 is 10.1 Å². The summed E-state index contributed by atoms with van der Waals surface area (Å²) in [4.78, 5) is 16.5. The molecule has 0 spiro atoms. The number of benzene rings is 1. The van der Waals surface area contributed by atoms with Gasteiger partial charge in [-0.2, -0.15) is 0 Å². The number of aromatic nitrogens is 3. The summed E-state index contributed by atoms with van der Waals surface area (Å²) in [5.74, 6) is 1.34. The van der Waals surface area contributed by atoms with Crippen LogP contribution >= 0.6 is 11.8 Å². The van der Waals surface area contributed by atoms with Crippen LogP contribution in [0.4, 0.5) is 0 Å². The smallest absolute Gasteiger partial charge is 0.230 e. The maximum Gasteiger partial charge on any atom is 0.230 e. The van der Waals surface area contributed by atoms with E-state index in [1.54, 1.807) is 14.0 Å². The van der Waals surface area contributed by atoms with Crippen molar-refractivity contribution in [3.63, 3.8) is 0 Å². The molecule has 26 heavy (non-hydrogen) atoms. The number of sulfone groups is 1. The first-order valence-electron chi connectivity index (χ1n) is 8.00. The van der Waals surface area contributed by atoms with Gasteiger partial charge in [0.1, 0.15) is 5.75 Å². The molecular formula is C16H20N4O4S2. The highest BCUT2D eigenvalue weighted by Gasteiger charge is 2.39. The molecule has 10 heteroatoms. The summed E-state index contributed by atoms with van der Waals surface area (Å²) < 4.78 is 28.3. The van der Waals surface area contributed by atoms with Gasteiger partial charge in [-0.05, 0) is 37.6 Å². The Hall–Kier alpha value is -2.07. The van der Waals surface area contributed by atoms with Crippen molar-refractivity contribution >= 4 is 27.5 Å². The number of ether oxygens (including phenoxy) is 1. The molecule has 0 radical (unpaired) electrons. The van der Waals surface area contributed by atoms with Crippen LogP contribution in [0.15, 0.2) is 29.4 Å². The van der Waals surface area contributed by atoms with E-state index in [4.69, 9.17) is 4.74 Å². The van der Waals surface area contributed by atoms with Gasteiger partial charge in [-0.3, -0.25) is 9.89 Å². The molecule has 1 saturated heterocycles. The first kappa shape index (κ1) is 18.7. The normalized spacial score (nSPS) is 21.5. The highest BCUT2D eigenvalue weighted by atomic mass is 32.2. The zero-order valence-electron chi connectivity index (χ0n) is 14.5. The van der Waals surface area contributed by atoms with Gasteiger partial charge in [-0.25, -0.2) is 13.4 Å². The minimum atomic E-state index is -3.06. The molecule has 0 aliphatic carbocycles. The summed E-state index contributed by atoms with van der Waals surface area (Å²) in [7, 11) is -1.46. The van der Waals surface area contributed by atoms with Crippen LogP contribution in [0.25, 0.3) is 11.4 Å². The largest absolute Gasteiger partial charge is 0.497 e. The number of nitrogens with zero attached hydrogens (tertiary/aromatic N) is 2. The molecule has 0 unspecified atom stereocenters. The molecule has 1 aromatic heterocycles. The summed E-state index contributed by atoms with van der Waals surface area (Å²) in [5, 5.41) is 10.2. The maximum atomic E-state index is 12.1. The number of H-pyrrole nitrogens is 1. The van der Waals surface area contributed by atoms with Gasteiger partial charge < -0.3 is 10.1 Å². The molecule has 2 N–H and O–H groups in total. The van der Waals surface area contributed by atoms with Crippen molar-refractivity contribution in [2.45, 2.75) is 24.0 Å². The topological polar surface area (TPSA) is 114 Å². The molecule has 1 aliphatic heterocycles. The average Bonchev–Trinajstić information content (AvgIpc) is 3.17. The highest BCUT2D eigenvalue weighted by Crippen LogP contribution is 2.24. The summed E-state index contributed by atoms with van der Waals surface area (Å²) in [5.41, 5.74) is 0.169. The fourth-order valence-corrected chi connectivity index (χ4v) is 5.49. The molecule has 0 saturated carbocycles. The third kappa shape index (κ3) is 4.55. The third-order valence-corrected chi connectivity index (χ3v) is 6.86. The van der Waals surface area contributed by atoms with Crippen molar-refractivity contribution in [1.82, 2.24) is 20.5 Å². The molecule has 3 rings (SSSR count). The summed E-state index contributed by atoms with van der Waals surface area (Å²) in [6.07, 6.45) is 0.439. The van der Waals surface area contributed by atoms with Gasteiger partial charge >= 0.3 is 0 Å². The number of rotatable bonds is 6. The Labute approximate surface area is 156 Å². The second-order valence-corrected chi connectivity index (χ2v) is 9.56. The fourth-order valence-electron chi connectivity index (χ4n) is 2.80. The van der Waals surface area contributed by atoms with Gasteiger partial charge in [-0.15, -0.1) is 5.10 Å². The predicted molar refractivity (Wildman–Crippen MR) is 98.9 cm³/mol. The van der Waals surface area contributed by atoms with Gasteiger partial charge in [-0.1, -0.05) is 11.8 Å². The van der Waals surface area contributed by atoms with Crippen LogP contribution in [-0.2, 0) is 14.6 Å². The van der Waals surface area contributed by atoms with Crippen molar-refractivity contribution < 1.29 is 17.9 Å². The Balaban J connectivity index is 1.55. The van der Waals surface area contributed by atoms with E-state index < -0.39 is 15.4 Å². The number of carbonyl (C=O) groups is 1. The predicted octanol–water partition coefficient (Wildman–Crippen LogP) is 1.27. The SMILES string of the molecule is COc1ccc(-c2nc(SCC(=O)N[C@]3(C)CCS(=O)(=O)C3)n[nH]2)cc1. The number of hydrogen-bond acceptors (Lipinski definition) is 7. The lowest BCUT2D eigenvalue weighted by Gasteiger charge is -2.23. The Morgan fingerprint density at radius 3 is 2.73 bits per heavy atom. The van der Waals surface area contributed by atoms with Crippen molar-refractivity contribution in [3.8, 4) is 17.1 Å². The molecule has 2 heterocycles. The monoisotopic (exact) mass is 396 g/mol. The van der Waals surface area contributed by atoms with Gasteiger partial charge in [0.15, 0.2) is 15.7 Å². The Morgan fingerprint density at radius 2 is 2.12 bits per heavy atom. The quantitative estimate of drug-likeness (QED) is 0.707. The van der Waals surface area contributed by atoms with E-state index >= 15 is 0 Å². The van der Waals surface area contributed by atoms with Crippen LogP contribution in [-0.4, -0.2) is 59.4 Å². The second kappa shape index (κ2) is 7.28. The van der Waals surface area contributed by atoms with Crippen molar-refractivity contribution in [3.05, 3.63) is 24.3 Å². The van der Waals surface area contributed by atoms with E-state index in [0.717, 1.165) is 11.3 Å². The number of carbonyl (C=O) groups excluding carboxylic acids is 1. The van der Waals surface area contributed by atoms with Crippen LogP contribution in [0.1, 0.15) is 13.3 Å². The van der Waals surface area contributed by atoms with Crippen molar-refractivity contribution in [1.29, 1.82) is 0 Å². The average molecular weight is 396 g/mol. The van der Waals surface area contributed by atoms with Crippen molar-refractivity contribution in [2.75, 3.05) is 24.4 Å². The maximum absolute atomic E-state index is 12.1. The van der Waals surface area contributed by atoms with E-state index in [1.165, 1.54) is 11.8 Å². The third-order valence-electron chi connectivity index (χ3n) is 4.11. The molecule has 8 nitrogen and oxygen atoms in total. The molecule has 140 valence electrons. The number of methoxy groups -OCH3 is 1. The molecule has 0 bridgehead atoms. The summed E-state index contributed by atoms with van der Waals surface area (Å²) in [6, 6.07) is 7.38. The molecule has 1 aliphatic rings. The number of nitrogens with one attached hydrogen (secondary N) is 2. The van der Waals surface area contributed by atoms with E-state index in [-0.39, 0.29) is 23.2 Å². The molecule has 1 aromatic carbocycles. The number of hydrogen-bond donors (Lipinski definition) is 2. The van der Waals surface area contributed by atoms with Gasteiger partial charge in [0.2, 0.25) is 11.1 Å². The van der Waals surface area contributed by atoms with Gasteiger partial charge in [0.25, 0.3) is 0 Å². The molecule has 1 fully saturated rings. The second-order valence-electron chi connectivity index (χ2n) is 6.43. The minimum Gasteiger partial charge on any atom is -0.497 e. The zero-order valence-corrected chi connectivity index (χ0v) is 16.1. The number of amides is 1. The molecule has 1 amide bonds. The summed E-state index contributed by atoms with van der Waals surface area (Å²) >= 11 is 1.19. The number of thioether (sulfide) groups is 1. The Morgan fingerprint density at radius 1 is 1.38 bits per heavy atom. The lowest BCUT2D eigenvalue weighted by molar-refractivity contribution is -0.120. The van der Waals surface area contributed by atoms with Crippen LogP contribution in [0.5, 0.6) is 5.75 Å². The lowest BCUT2D eigenvalue weighted by Crippen LogP contribution is -2.47. The standard InChI is InChI=1S/C16H20N4O4S2/c1-16(7-8-26(22,23)10-16)18-13(21)9-25-15-17-14(19-20-15)11-3-5-12(24-2)6-4-11/h3-6H,7-10H2,1-2H3,(H,18,21)(H,17,19,20)/t16-/m1/s1. The van der Waals surface area contributed by atoms with Gasteiger partial charge in [0, 0.05) is 5.56 Å². The van der Waals surface area contributed by atoms with Crippen LogP contribution in [0, 0.1) is 0 Å². The molecule has 1 atom stereocenters. The Bertz CT molecular complexity index is 895. The minimum absolute atomic E-state index is 0.0152. The Kier molecular flexibility index (Phi) is 5.24. The first-order valence-corrected chi connectivity index (χ1v) is 10.8. The fraction of sp³-hybridized carbons (Fsp3) is 0.438. The summed E-state index contributed by atoms with van der Waals surface area (Å²) in [6.45, 7) is 1.76. The van der Waals surface area contributed by atoms with Gasteiger partial charge in [0.05, 0.1) is 29.9 Å². The first-order chi connectivity index (χ1) is 12.3. The molecule has 2 aromatic rings. The van der Waals surface area contributed by atoms with E-state index in [0.29, 0.717) is 17.4 Å². The molecular weight excluding hydrogens is 376 g/mol. The highest BCUT2D eigenvalue weighted by molar-refractivity contribution is 7.99. The number of aromatic amines is 1. The van der Waals surface area contributed by atoms with E-state index in [2.05, 4.69) is 20.5 Å². The van der Waals surface area contributed by atoms with E-state index in [1.807, 2.05) is 24.3 Å². The zero-order chi connectivity index (χ0) is 18.8.